The summed E-state index contributed by atoms with van der Waals surface area (Å²) in [7, 11) is 1.37. The number of carbonyl (C=O) groups excluding carboxylic acids is 1. The van der Waals surface area contributed by atoms with Crippen molar-refractivity contribution in [3.8, 4) is 0 Å². The van der Waals surface area contributed by atoms with Crippen LogP contribution in [0.5, 0.6) is 0 Å². The number of hydrogen-bond acceptors (Lipinski definition) is 5. The fourth-order valence-electron chi connectivity index (χ4n) is 1.55. The normalized spacial score (nSPS) is 10.4. The summed E-state index contributed by atoms with van der Waals surface area (Å²) >= 11 is 3.16. The van der Waals surface area contributed by atoms with Crippen LogP contribution in [0.4, 0.5) is 5.00 Å². The van der Waals surface area contributed by atoms with E-state index in [1.807, 2.05) is 6.07 Å². The van der Waals surface area contributed by atoms with Crippen molar-refractivity contribution in [1.82, 2.24) is 0 Å². The molecular formula is C12H13NO2S2. The van der Waals surface area contributed by atoms with E-state index in [1.165, 1.54) is 24.0 Å². The van der Waals surface area contributed by atoms with Gasteiger partial charge in [0.1, 0.15) is 5.00 Å². The van der Waals surface area contributed by atoms with Gasteiger partial charge in [0.2, 0.25) is 0 Å². The lowest BCUT2D eigenvalue weighted by Crippen LogP contribution is -2.02. The first-order chi connectivity index (χ1) is 8.20. The first kappa shape index (κ1) is 12.1. The van der Waals surface area contributed by atoms with Gasteiger partial charge < -0.3 is 10.5 Å². The molecule has 2 aromatic rings. The zero-order valence-electron chi connectivity index (χ0n) is 9.43. The van der Waals surface area contributed by atoms with Crippen LogP contribution in [0.1, 0.15) is 20.8 Å². The molecule has 0 amide bonds. The Hall–Kier alpha value is -1.33. The number of anilines is 1. The monoisotopic (exact) mass is 267 g/mol. The quantitative estimate of drug-likeness (QED) is 0.866. The molecule has 0 radical (unpaired) electrons. The molecule has 5 heteroatoms. The predicted molar refractivity (Wildman–Crippen MR) is 71.8 cm³/mol. The molecular weight excluding hydrogens is 254 g/mol. The van der Waals surface area contributed by atoms with E-state index < -0.39 is 0 Å². The summed E-state index contributed by atoms with van der Waals surface area (Å²) in [6.45, 7) is 0. The van der Waals surface area contributed by atoms with E-state index in [0.29, 0.717) is 10.6 Å². The van der Waals surface area contributed by atoms with Crippen LogP contribution >= 0.6 is 22.7 Å². The summed E-state index contributed by atoms with van der Waals surface area (Å²) < 4.78 is 4.67. The number of nitrogen functional groups attached to an aromatic ring is 1. The molecule has 0 aliphatic rings. The minimum Gasteiger partial charge on any atom is -0.465 e. The molecule has 17 heavy (non-hydrogen) atoms. The van der Waals surface area contributed by atoms with Crippen LogP contribution in [0.15, 0.2) is 22.9 Å². The molecule has 0 aliphatic heterocycles. The highest BCUT2D eigenvalue weighted by molar-refractivity contribution is 7.16. The molecule has 3 nitrogen and oxygen atoms in total. The van der Waals surface area contributed by atoms with Gasteiger partial charge in [-0.15, -0.1) is 11.3 Å². The number of thiophene rings is 2. The molecule has 0 spiro atoms. The van der Waals surface area contributed by atoms with Crippen molar-refractivity contribution in [1.29, 1.82) is 0 Å². The minimum absolute atomic E-state index is 0.361. The van der Waals surface area contributed by atoms with Gasteiger partial charge in [-0.1, -0.05) is 0 Å². The number of hydrogen-bond donors (Lipinski definition) is 1. The average molecular weight is 267 g/mol. The molecule has 0 fully saturated rings. The fourth-order valence-corrected chi connectivity index (χ4v) is 3.17. The molecule has 90 valence electrons. The number of nitrogens with two attached hydrogens (primary N) is 1. The average Bonchev–Trinajstić information content (AvgIpc) is 2.94. The van der Waals surface area contributed by atoms with Gasteiger partial charge in [0.25, 0.3) is 0 Å². The van der Waals surface area contributed by atoms with Crippen LogP contribution in [0.3, 0.4) is 0 Å². The maximum Gasteiger partial charge on any atom is 0.340 e. The SMILES string of the molecule is COC(=O)c1cc(CCc2ccsc2)sc1N. The van der Waals surface area contributed by atoms with Crippen molar-refractivity contribution in [3.63, 3.8) is 0 Å². The molecule has 2 aromatic heterocycles. The van der Waals surface area contributed by atoms with E-state index >= 15 is 0 Å². The Bertz CT molecular complexity index is 503. The lowest BCUT2D eigenvalue weighted by molar-refractivity contribution is 0.0602. The van der Waals surface area contributed by atoms with Gasteiger partial charge in [0, 0.05) is 4.88 Å². The Morgan fingerprint density at radius 3 is 2.94 bits per heavy atom. The molecule has 0 aliphatic carbocycles. The number of rotatable bonds is 4. The fraction of sp³-hybridized carbons (Fsp3) is 0.250. The standard InChI is InChI=1S/C12H13NO2S2/c1-15-12(14)10-6-9(17-11(10)13)3-2-8-4-5-16-7-8/h4-7H,2-3,13H2,1H3. The minimum atomic E-state index is -0.361. The number of aryl methyl sites for hydroxylation is 2. The highest BCUT2D eigenvalue weighted by Crippen LogP contribution is 2.26. The third kappa shape index (κ3) is 2.87. The van der Waals surface area contributed by atoms with Crippen LogP contribution in [0, 0.1) is 0 Å². The smallest absolute Gasteiger partial charge is 0.340 e. The Morgan fingerprint density at radius 1 is 1.47 bits per heavy atom. The number of ether oxygens (including phenoxy) is 1. The largest absolute Gasteiger partial charge is 0.465 e. The molecule has 2 N–H and O–H groups in total. The second kappa shape index (κ2) is 5.33. The molecule has 0 saturated heterocycles. The van der Waals surface area contributed by atoms with Crippen LogP contribution in [0.2, 0.25) is 0 Å². The van der Waals surface area contributed by atoms with Crippen LogP contribution in [-0.4, -0.2) is 13.1 Å². The van der Waals surface area contributed by atoms with Gasteiger partial charge in [0.05, 0.1) is 12.7 Å². The van der Waals surface area contributed by atoms with Crippen molar-refractivity contribution in [2.45, 2.75) is 12.8 Å². The van der Waals surface area contributed by atoms with E-state index in [4.69, 9.17) is 5.73 Å². The summed E-state index contributed by atoms with van der Waals surface area (Å²) in [5, 5.41) is 4.74. The summed E-state index contributed by atoms with van der Waals surface area (Å²) in [5.74, 6) is -0.361. The second-order valence-electron chi connectivity index (χ2n) is 3.61. The molecule has 0 bridgehead atoms. The Labute approximate surface area is 108 Å². The van der Waals surface area contributed by atoms with E-state index in [9.17, 15) is 4.79 Å². The molecule has 2 heterocycles. The molecule has 0 aromatic carbocycles. The lowest BCUT2D eigenvalue weighted by atomic mass is 10.1. The van der Waals surface area contributed by atoms with Crippen molar-refractivity contribution in [2.75, 3.05) is 12.8 Å². The van der Waals surface area contributed by atoms with E-state index in [0.717, 1.165) is 17.7 Å². The van der Waals surface area contributed by atoms with Gasteiger partial charge in [-0.3, -0.25) is 0 Å². The topological polar surface area (TPSA) is 52.3 Å². The lowest BCUT2D eigenvalue weighted by Gasteiger charge is -1.95. The van der Waals surface area contributed by atoms with Crippen molar-refractivity contribution in [2.24, 2.45) is 0 Å². The number of esters is 1. The van der Waals surface area contributed by atoms with Crippen LogP contribution < -0.4 is 5.73 Å². The zero-order chi connectivity index (χ0) is 12.3. The second-order valence-corrected chi connectivity index (χ2v) is 5.56. The van der Waals surface area contributed by atoms with Gasteiger partial charge in [-0.05, 0) is 41.3 Å². The highest BCUT2D eigenvalue weighted by Gasteiger charge is 2.14. The van der Waals surface area contributed by atoms with E-state index in [-0.39, 0.29) is 5.97 Å². The first-order valence-corrected chi connectivity index (χ1v) is 6.94. The third-order valence-electron chi connectivity index (χ3n) is 2.46. The van der Waals surface area contributed by atoms with E-state index in [2.05, 4.69) is 21.6 Å². The van der Waals surface area contributed by atoms with Crippen LogP contribution in [-0.2, 0) is 17.6 Å². The number of methoxy groups -OCH3 is 1. The van der Waals surface area contributed by atoms with Gasteiger partial charge in [-0.2, -0.15) is 11.3 Å². The summed E-state index contributed by atoms with van der Waals surface area (Å²) in [6.07, 6.45) is 1.88. The Balaban J connectivity index is 2.05. The Morgan fingerprint density at radius 2 is 2.29 bits per heavy atom. The van der Waals surface area contributed by atoms with Crippen LogP contribution in [0.25, 0.3) is 0 Å². The van der Waals surface area contributed by atoms with Gasteiger partial charge in [-0.25, -0.2) is 4.79 Å². The molecule has 0 saturated carbocycles. The summed E-state index contributed by atoms with van der Waals surface area (Å²) in [6, 6.07) is 3.95. The Kier molecular flexibility index (Phi) is 3.81. The molecule has 0 unspecified atom stereocenters. The van der Waals surface area contributed by atoms with Crippen molar-refractivity contribution in [3.05, 3.63) is 38.9 Å². The van der Waals surface area contributed by atoms with Crippen molar-refractivity contribution < 1.29 is 9.53 Å². The zero-order valence-corrected chi connectivity index (χ0v) is 11.1. The van der Waals surface area contributed by atoms with Gasteiger partial charge in [0.15, 0.2) is 0 Å². The van der Waals surface area contributed by atoms with Crippen molar-refractivity contribution >= 4 is 33.6 Å². The number of carbonyl (C=O) groups is 1. The van der Waals surface area contributed by atoms with E-state index in [1.54, 1.807) is 11.3 Å². The maximum absolute atomic E-state index is 11.4. The first-order valence-electron chi connectivity index (χ1n) is 5.18. The predicted octanol–water partition coefficient (Wildman–Crippen LogP) is 2.96. The third-order valence-corrected chi connectivity index (χ3v) is 4.21. The maximum atomic E-state index is 11.4. The van der Waals surface area contributed by atoms with Gasteiger partial charge >= 0.3 is 5.97 Å². The summed E-state index contributed by atoms with van der Waals surface area (Å²) in [4.78, 5) is 12.5. The summed E-state index contributed by atoms with van der Waals surface area (Å²) in [5.41, 5.74) is 7.59. The molecule has 0 atom stereocenters. The highest BCUT2D eigenvalue weighted by atomic mass is 32.1. The molecule has 2 rings (SSSR count).